The number of hydrogen-bond donors (Lipinski definition) is 0. The first-order valence-corrected chi connectivity index (χ1v) is 10.6. The van der Waals surface area contributed by atoms with Gasteiger partial charge in [0.05, 0.1) is 0 Å². The highest BCUT2D eigenvalue weighted by molar-refractivity contribution is 7.87. The van der Waals surface area contributed by atoms with Crippen LogP contribution >= 0.6 is 0 Å². The van der Waals surface area contributed by atoms with Crippen LogP contribution in [0.15, 0.2) is 53.4 Å². The molecule has 0 saturated heterocycles. The molecule has 0 saturated carbocycles. The summed E-state index contributed by atoms with van der Waals surface area (Å²) >= 11 is 0. The summed E-state index contributed by atoms with van der Waals surface area (Å²) in [5.74, 6) is -0.161. The Labute approximate surface area is 166 Å². The van der Waals surface area contributed by atoms with Crippen LogP contribution in [0.4, 0.5) is 4.39 Å². The highest BCUT2D eigenvalue weighted by Gasteiger charge is 2.22. The Bertz CT molecular complexity index is 908. The Kier molecular flexibility index (Phi) is 7.18. The Morgan fingerprint density at radius 2 is 1.64 bits per heavy atom. The molecule has 5 nitrogen and oxygen atoms in total. The summed E-state index contributed by atoms with van der Waals surface area (Å²) < 4.78 is 43.5. The van der Waals surface area contributed by atoms with E-state index >= 15 is 0 Å². The van der Waals surface area contributed by atoms with Crippen LogP contribution in [0.25, 0.3) is 0 Å². The molecule has 2 aromatic rings. The van der Waals surface area contributed by atoms with Crippen molar-refractivity contribution in [2.45, 2.75) is 51.6 Å². The first kappa shape index (κ1) is 21.9. The smallest absolute Gasteiger partial charge is 0.339 e. The van der Waals surface area contributed by atoms with Crippen molar-refractivity contribution in [3.63, 3.8) is 0 Å². The van der Waals surface area contributed by atoms with Crippen LogP contribution in [0.3, 0.4) is 0 Å². The fraction of sp³-hybridized carbons (Fsp3) is 0.381. The molecule has 28 heavy (non-hydrogen) atoms. The van der Waals surface area contributed by atoms with E-state index in [0.717, 1.165) is 24.3 Å². The second kappa shape index (κ2) is 9.19. The maximum Gasteiger partial charge on any atom is 0.339 e. The highest BCUT2D eigenvalue weighted by atomic mass is 32.2. The van der Waals surface area contributed by atoms with Gasteiger partial charge < -0.3 is 9.08 Å². The summed E-state index contributed by atoms with van der Waals surface area (Å²) in [5.41, 5.74) is 0.582. The molecule has 0 atom stereocenters. The summed E-state index contributed by atoms with van der Waals surface area (Å²) in [6, 6.07) is 11.1. The standard InChI is InChI=1S/C21H26FNO4S/c1-15(2)13-21(24)23(16(3)4)14-17-7-5-6-8-20(17)27-28(25,26)19-11-9-18(22)10-12-19/h5-12,15-16H,13-14H2,1-4H3. The zero-order valence-corrected chi connectivity index (χ0v) is 17.4. The molecule has 0 unspecified atom stereocenters. The van der Waals surface area contributed by atoms with E-state index in [1.807, 2.05) is 27.7 Å². The van der Waals surface area contributed by atoms with Crippen molar-refractivity contribution < 1.29 is 21.8 Å². The second-order valence-corrected chi connectivity index (χ2v) is 8.86. The van der Waals surface area contributed by atoms with Crippen LogP contribution in [-0.4, -0.2) is 25.3 Å². The lowest BCUT2D eigenvalue weighted by atomic mass is 10.1. The SMILES string of the molecule is CC(C)CC(=O)N(Cc1ccccc1OS(=O)(=O)c1ccc(F)cc1)C(C)C. The number of amides is 1. The summed E-state index contributed by atoms with van der Waals surface area (Å²) in [4.78, 5) is 14.1. The van der Waals surface area contributed by atoms with Gasteiger partial charge in [-0.15, -0.1) is 0 Å². The van der Waals surface area contributed by atoms with Crippen molar-refractivity contribution in [3.8, 4) is 5.75 Å². The van der Waals surface area contributed by atoms with Gasteiger partial charge in [0.1, 0.15) is 16.5 Å². The summed E-state index contributed by atoms with van der Waals surface area (Å²) in [6.45, 7) is 8.01. The number of hydrogen-bond acceptors (Lipinski definition) is 4. The monoisotopic (exact) mass is 407 g/mol. The molecule has 0 heterocycles. The summed E-state index contributed by atoms with van der Waals surface area (Å²) in [6.07, 6.45) is 0.412. The van der Waals surface area contributed by atoms with Gasteiger partial charge in [0.15, 0.2) is 0 Å². The van der Waals surface area contributed by atoms with E-state index in [9.17, 15) is 17.6 Å². The maximum atomic E-state index is 13.1. The number of halogens is 1. The molecule has 7 heteroatoms. The van der Waals surface area contributed by atoms with E-state index in [0.29, 0.717) is 12.0 Å². The quantitative estimate of drug-likeness (QED) is 0.610. The molecule has 0 N–H and O–H groups in total. The van der Waals surface area contributed by atoms with Crippen molar-refractivity contribution in [2.75, 3.05) is 0 Å². The number of nitrogens with zero attached hydrogens (tertiary/aromatic N) is 1. The lowest BCUT2D eigenvalue weighted by Gasteiger charge is -2.28. The molecular weight excluding hydrogens is 381 g/mol. The van der Waals surface area contributed by atoms with Crippen LogP contribution in [-0.2, 0) is 21.5 Å². The molecule has 0 aliphatic carbocycles. The van der Waals surface area contributed by atoms with Crippen molar-refractivity contribution >= 4 is 16.0 Å². The van der Waals surface area contributed by atoms with Crippen molar-refractivity contribution in [1.82, 2.24) is 4.90 Å². The molecule has 2 aromatic carbocycles. The molecule has 1 amide bonds. The molecule has 0 radical (unpaired) electrons. The lowest BCUT2D eigenvalue weighted by Crippen LogP contribution is -2.37. The molecule has 0 aliphatic heterocycles. The minimum absolute atomic E-state index is 0.00111. The third-order valence-electron chi connectivity index (χ3n) is 4.14. The number of rotatable bonds is 8. The van der Waals surface area contributed by atoms with Gasteiger partial charge in [0.25, 0.3) is 0 Å². The van der Waals surface area contributed by atoms with E-state index in [2.05, 4.69) is 0 Å². The van der Waals surface area contributed by atoms with E-state index in [1.54, 1.807) is 29.2 Å². The molecule has 2 rings (SSSR count). The molecule has 0 fully saturated rings. The fourth-order valence-corrected chi connectivity index (χ4v) is 3.66. The minimum Gasteiger partial charge on any atom is -0.379 e. The van der Waals surface area contributed by atoms with Gasteiger partial charge in [0, 0.05) is 24.6 Å². The van der Waals surface area contributed by atoms with Crippen LogP contribution in [0.5, 0.6) is 5.75 Å². The van der Waals surface area contributed by atoms with E-state index < -0.39 is 15.9 Å². The van der Waals surface area contributed by atoms with Crippen molar-refractivity contribution in [2.24, 2.45) is 5.92 Å². The molecule has 0 bridgehead atoms. The van der Waals surface area contributed by atoms with Crippen LogP contribution in [0.1, 0.15) is 39.7 Å². The Morgan fingerprint density at radius 1 is 1.04 bits per heavy atom. The highest BCUT2D eigenvalue weighted by Crippen LogP contribution is 2.25. The van der Waals surface area contributed by atoms with Crippen LogP contribution in [0, 0.1) is 11.7 Å². The third kappa shape index (κ3) is 5.79. The predicted molar refractivity (Wildman–Crippen MR) is 106 cm³/mol. The number of benzene rings is 2. The molecule has 0 spiro atoms. The molecule has 0 aromatic heterocycles. The largest absolute Gasteiger partial charge is 0.379 e. The Balaban J connectivity index is 2.29. The van der Waals surface area contributed by atoms with Crippen molar-refractivity contribution in [1.29, 1.82) is 0 Å². The first-order valence-electron chi connectivity index (χ1n) is 9.17. The van der Waals surface area contributed by atoms with Gasteiger partial charge in [-0.3, -0.25) is 4.79 Å². The van der Waals surface area contributed by atoms with Crippen LogP contribution in [0.2, 0.25) is 0 Å². The number of para-hydroxylation sites is 1. The van der Waals surface area contributed by atoms with E-state index in [4.69, 9.17) is 4.18 Å². The van der Waals surface area contributed by atoms with Gasteiger partial charge in [-0.25, -0.2) is 4.39 Å². The van der Waals surface area contributed by atoms with Crippen LogP contribution < -0.4 is 4.18 Å². The zero-order chi connectivity index (χ0) is 20.9. The Morgan fingerprint density at radius 3 is 2.21 bits per heavy atom. The third-order valence-corrected chi connectivity index (χ3v) is 5.39. The first-order chi connectivity index (χ1) is 13.1. The summed E-state index contributed by atoms with van der Waals surface area (Å²) in [5, 5.41) is 0. The summed E-state index contributed by atoms with van der Waals surface area (Å²) in [7, 11) is -4.12. The lowest BCUT2D eigenvalue weighted by molar-refractivity contribution is -0.134. The van der Waals surface area contributed by atoms with E-state index in [1.165, 1.54) is 0 Å². The molecule has 0 aliphatic rings. The van der Waals surface area contributed by atoms with E-state index in [-0.39, 0.29) is 35.1 Å². The van der Waals surface area contributed by atoms with Gasteiger partial charge in [0.2, 0.25) is 5.91 Å². The van der Waals surface area contributed by atoms with Gasteiger partial charge >= 0.3 is 10.1 Å². The zero-order valence-electron chi connectivity index (χ0n) is 16.6. The number of carbonyl (C=O) groups is 1. The van der Waals surface area contributed by atoms with Gasteiger partial charge in [-0.05, 0) is 50.1 Å². The average molecular weight is 408 g/mol. The average Bonchev–Trinajstić information content (AvgIpc) is 2.60. The normalized spacial score (nSPS) is 11.7. The Hall–Kier alpha value is -2.41. The topological polar surface area (TPSA) is 63.7 Å². The maximum absolute atomic E-state index is 13.1. The van der Waals surface area contributed by atoms with Gasteiger partial charge in [-0.2, -0.15) is 8.42 Å². The fourth-order valence-electron chi connectivity index (χ4n) is 2.69. The second-order valence-electron chi connectivity index (χ2n) is 7.31. The predicted octanol–water partition coefficient (Wildman–Crippen LogP) is 4.38. The minimum atomic E-state index is -4.12. The molecule has 152 valence electrons. The van der Waals surface area contributed by atoms with Crippen molar-refractivity contribution in [3.05, 3.63) is 59.9 Å². The molecular formula is C21H26FNO4S. The number of carbonyl (C=O) groups excluding carboxylic acids is 1. The van der Waals surface area contributed by atoms with Gasteiger partial charge in [-0.1, -0.05) is 32.0 Å².